The summed E-state index contributed by atoms with van der Waals surface area (Å²) in [5.41, 5.74) is 0.632. The minimum Gasteiger partial charge on any atom is -0.294 e. The summed E-state index contributed by atoms with van der Waals surface area (Å²) in [6.07, 6.45) is 0. The van der Waals surface area contributed by atoms with Gasteiger partial charge in [-0.05, 0) is 18.2 Å². The molecule has 1 aromatic rings. The highest BCUT2D eigenvalue weighted by atomic mass is 35.5. The van der Waals surface area contributed by atoms with Crippen LogP contribution in [0.15, 0.2) is 18.2 Å². The minimum absolute atomic E-state index is 0.102. The summed E-state index contributed by atoms with van der Waals surface area (Å²) in [5.74, 6) is 0.102. The first-order chi connectivity index (χ1) is 8.95. The third-order valence-corrected chi connectivity index (χ3v) is 5.07. The molecule has 104 valence electrons. The van der Waals surface area contributed by atoms with Crippen molar-refractivity contribution in [2.24, 2.45) is 0 Å². The standard InChI is InChI=1S/C14H17Cl2NOS/c1-9-6-17(7-10(2)19-9)8-14(18)11-3-4-12(15)13(16)5-11/h3-5,9-10H,6-8H2,1-2H3. The van der Waals surface area contributed by atoms with Gasteiger partial charge in [-0.3, -0.25) is 9.69 Å². The van der Waals surface area contributed by atoms with Crippen molar-refractivity contribution in [1.82, 2.24) is 4.90 Å². The number of carbonyl (C=O) groups excluding carboxylic acids is 1. The van der Waals surface area contributed by atoms with E-state index in [0.717, 1.165) is 13.1 Å². The van der Waals surface area contributed by atoms with Gasteiger partial charge in [-0.1, -0.05) is 37.0 Å². The summed E-state index contributed by atoms with van der Waals surface area (Å²) in [7, 11) is 0. The highest BCUT2D eigenvalue weighted by Crippen LogP contribution is 2.26. The van der Waals surface area contributed by atoms with E-state index in [1.54, 1.807) is 18.2 Å². The van der Waals surface area contributed by atoms with Gasteiger partial charge in [-0.25, -0.2) is 0 Å². The van der Waals surface area contributed by atoms with E-state index >= 15 is 0 Å². The van der Waals surface area contributed by atoms with Crippen molar-refractivity contribution in [1.29, 1.82) is 0 Å². The van der Waals surface area contributed by atoms with Crippen molar-refractivity contribution in [2.45, 2.75) is 24.3 Å². The molecule has 1 aliphatic heterocycles. The van der Waals surface area contributed by atoms with E-state index in [1.165, 1.54) is 0 Å². The second kappa shape index (κ2) is 6.49. The molecule has 1 aliphatic rings. The quantitative estimate of drug-likeness (QED) is 0.786. The summed E-state index contributed by atoms with van der Waals surface area (Å²) in [5, 5.41) is 2.06. The molecule has 0 saturated carbocycles. The van der Waals surface area contributed by atoms with Crippen molar-refractivity contribution < 1.29 is 4.79 Å². The maximum atomic E-state index is 12.2. The Morgan fingerprint density at radius 1 is 1.26 bits per heavy atom. The van der Waals surface area contributed by atoms with E-state index < -0.39 is 0 Å². The van der Waals surface area contributed by atoms with Crippen LogP contribution in [-0.4, -0.2) is 40.8 Å². The summed E-state index contributed by atoms with van der Waals surface area (Å²) >= 11 is 13.8. The van der Waals surface area contributed by atoms with Gasteiger partial charge >= 0.3 is 0 Å². The number of rotatable bonds is 3. The molecule has 1 fully saturated rings. The summed E-state index contributed by atoms with van der Waals surface area (Å²) < 4.78 is 0. The van der Waals surface area contributed by atoms with Crippen LogP contribution < -0.4 is 0 Å². The number of benzene rings is 1. The zero-order valence-corrected chi connectivity index (χ0v) is 13.4. The Labute approximate surface area is 128 Å². The third-order valence-electron chi connectivity index (χ3n) is 3.10. The number of carbonyl (C=O) groups is 1. The van der Waals surface area contributed by atoms with Crippen LogP contribution >= 0.6 is 35.0 Å². The molecular formula is C14H17Cl2NOS. The molecule has 2 nitrogen and oxygen atoms in total. The molecule has 5 heteroatoms. The normalized spacial score (nSPS) is 24.4. The summed E-state index contributed by atoms with van der Waals surface area (Å²) in [4.78, 5) is 14.5. The Morgan fingerprint density at radius 2 is 1.89 bits per heavy atom. The number of ketones is 1. The average molecular weight is 318 g/mol. The molecule has 1 saturated heterocycles. The van der Waals surface area contributed by atoms with Gasteiger partial charge in [0.05, 0.1) is 16.6 Å². The lowest BCUT2D eigenvalue weighted by Crippen LogP contribution is -2.42. The molecule has 1 heterocycles. The molecule has 0 radical (unpaired) electrons. The molecule has 0 bridgehead atoms. The van der Waals surface area contributed by atoms with Gasteiger partial charge in [0, 0.05) is 29.2 Å². The fraction of sp³-hybridized carbons (Fsp3) is 0.500. The van der Waals surface area contributed by atoms with Crippen LogP contribution in [0.25, 0.3) is 0 Å². The highest BCUT2D eigenvalue weighted by Gasteiger charge is 2.24. The topological polar surface area (TPSA) is 20.3 Å². The summed E-state index contributed by atoms with van der Waals surface area (Å²) in [6, 6.07) is 5.06. The number of hydrogen-bond donors (Lipinski definition) is 0. The number of Topliss-reactive ketones (excluding diaryl/α,β-unsaturated/α-hetero) is 1. The first-order valence-corrected chi connectivity index (χ1v) is 8.01. The monoisotopic (exact) mass is 317 g/mol. The predicted octanol–water partition coefficient (Wildman–Crippen LogP) is 4.00. The molecule has 0 spiro atoms. The van der Waals surface area contributed by atoms with Gasteiger partial charge in [0.2, 0.25) is 0 Å². The summed E-state index contributed by atoms with van der Waals surface area (Å²) in [6.45, 7) is 6.78. The molecule has 19 heavy (non-hydrogen) atoms. The minimum atomic E-state index is 0.102. The zero-order chi connectivity index (χ0) is 14.0. The van der Waals surface area contributed by atoms with E-state index in [0.29, 0.717) is 32.7 Å². The van der Waals surface area contributed by atoms with E-state index in [-0.39, 0.29) is 5.78 Å². The molecular weight excluding hydrogens is 301 g/mol. The van der Waals surface area contributed by atoms with E-state index in [9.17, 15) is 4.79 Å². The highest BCUT2D eigenvalue weighted by molar-refractivity contribution is 8.00. The van der Waals surface area contributed by atoms with Crippen LogP contribution in [0.4, 0.5) is 0 Å². The van der Waals surface area contributed by atoms with Crippen molar-refractivity contribution in [3.05, 3.63) is 33.8 Å². The van der Waals surface area contributed by atoms with Crippen molar-refractivity contribution in [2.75, 3.05) is 19.6 Å². The maximum Gasteiger partial charge on any atom is 0.176 e. The lowest BCUT2D eigenvalue weighted by atomic mass is 10.1. The van der Waals surface area contributed by atoms with Gasteiger partial charge in [0.1, 0.15) is 0 Å². The Morgan fingerprint density at radius 3 is 2.47 bits per heavy atom. The van der Waals surface area contributed by atoms with Gasteiger partial charge in [0.25, 0.3) is 0 Å². The average Bonchev–Trinajstić information content (AvgIpc) is 2.31. The largest absolute Gasteiger partial charge is 0.294 e. The maximum absolute atomic E-state index is 12.2. The third kappa shape index (κ3) is 4.12. The SMILES string of the molecule is CC1CN(CC(=O)c2ccc(Cl)c(Cl)c2)CC(C)S1. The predicted molar refractivity (Wildman–Crippen MR) is 83.7 cm³/mol. The molecule has 0 N–H and O–H groups in total. The van der Waals surface area contributed by atoms with Crippen molar-refractivity contribution in [3.8, 4) is 0 Å². The van der Waals surface area contributed by atoms with Gasteiger partial charge in [0.15, 0.2) is 5.78 Å². The van der Waals surface area contributed by atoms with E-state index in [4.69, 9.17) is 23.2 Å². The molecule has 0 aromatic heterocycles. The Bertz CT molecular complexity index is 471. The second-order valence-electron chi connectivity index (χ2n) is 5.00. The fourth-order valence-corrected chi connectivity index (χ4v) is 4.06. The number of halogens is 2. The number of hydrogen-bond acceptors (Lipinski definition) is 3. The lowest BCUT2D eigenvalue weighted by Gasteiger charge is -2.34. The van der Waals surface area contributed by atoms with E-state index in [2.05, 4.69) is 18.7 Å². The molecule has 2 unspecified atom stereocenters. The molecule has 2 rings (SSSR count). The zero-order valence-electron chi connectivity index (χ0n) is 11.0. The van der Waals surface area contributed by atoms with Gasteiger partial charge < -0.3 is 0 Å². The molecule has 0 aliphatic carbocycles. The van der Waals surface area contributed by atoms with Gasteiger partial charge in [-0.2, -0.15) is 11.8 Å². The molecule has 0 amide bonds. The first kappa shape index (κ1) is 15.2. The molecule has 1 aromatic carbocycles. The fourth-order valence-electron chi connectivity index (χ4n) is 2.38. The number of nitrogens with zero attached hydrogens (tertiary/aromatic N) is 1. The Balaban J connectivity index is 2.02. The second-order valence-corrected chi connectivity index (χ2v) is 7.70. The Hall–Kier alpha value is -0.220. The van der Waals surface area contributed by atoms with Crippen LogP contribution in [-0.2, 0) is 0 Å². The van der Waals surface area contributed by atoms with Crippen LogP contribution in [0, 0.1) is 0 Å². The molecule has 2 atom stereocenters. The van der Waals surface area contributed by atoms with Crippen LogP contribution in [0.1, 0.15) is 24.2 Å². The van der Waals surface area contributed by atoms with Crippen LogP contribution in [0.5, 0.6) is 0 Å². The number of thioether (sulfide) groups is 1. The van der Waals surface area contributed by atoms with Gasteiger partial charge in [-0.15, -0.1) is 0 Å². The first-order valence-electron chi connectivity index (χ1n) is 6.31. The smallest absolute Gasteiger partial charge is 0.176 e. The van der Waals surface area contributed by atoms with Crippen LogP contribution in [0.3, 0.4) is 0 Å². The van der Waals surface area contributed by atoms with E-state index in [1.807, 2.05) is 11.8 Å². The lowest BCUT2D eigenvalue weighted by molar-refractivity contribution is 0.0930. The van der Waals surface area contributed by atoms with Crippen LogP contribution in [0.2, 0.25) is 10.0 Å². The Kier molecular flexibility index (Phi) is 5.18. The van der Waals surface area contributed by atoms with Crippen molar-refractivity contribution >= 4 is 40.7 Å². The van der Waals surface area contributed by atoms with Crippen molar-refractivity contribution in [3.63, 3.8) is 0 Å².